The summed E-state index contributed by atoms with van der Waals surface area (Å²) in [6.07, 6.45) is 6.32. The van der Waals surface area contributed by atoms with Gasteiger partial charge in [0.2, 0.25) is 0 Å². The van der Waals surface area contributed by atoms with Crippen LogP contribution in [-0.4, -0.2) is 58.1 Å². The number of rotatable bonds is 14. The molecule has 5 nitrogen and oxygen atoms in total. The van der Waals surface area contributed by atoms with Gasteiger partial charge in [0, 0.05) is 19.1 Å². The van der Waals surface area contributed by atoms with E-state index in [0.29, 0.717) is 0 Å². The molecule has 0 spiro atoms. The van der Waals surface area contributed by atoms with Gasteiger partial charge in [0.15, 0.2) is 0 Å². The molecule has 9 heteroatoms. The predicted molar refractivity (Wildman–Crippen MR) is 91.3 cm³/mol. The molecule has 0 radical (unpaired) electrons. The van der Waals surface area contributed by atoms with Gasteiger partial charge in [0.1, 0.15) is 0 Å². The Bertz CT molecular complexity index is 417. The first kappa shape index (κ1) is 23.6. The van der Waals surface area contributed by atoms with E-state index in [1.54, 1.807) is 4.72 Å². The number of hydrogen-bond acceptors (Lipinski definition) is 4. The second kappa shape index (κ2) is 12.1. The maximum absolute atomic E-state index is 12.2. The van der Waals surface area contributed by atoms with Crippen molar-refractivity contribution >= 4 is 10.0 Å². The quantitative estimate of drug-likeness (QED) is 0.458. The van der Waals surface area contributed by atoms with Crippen LogP contribution >= 0.6 is 0 Å². The van der Waals surface area contributed by atoms with Crippen molar-refractivity contribution in [3.8, 4) is 0 Å². The fraction of sp³-hybridized carbons (Fsp3) is 1.00. The lowest BCUT2D eigenvalue weighted by atomic mass is 10.1. The fourth-order valence-corrected chi connectivity index (χ4v) is 2.89. The molecule has 0 heterocycles. The van der Waals surface area contributed by atoms with E-state index in [2.05, 4.69) is 24.2 Å². The summed E-state index contributed by atoms with van der Waals surface area (Å²) < 4.78 is 60.0. The second-order valence-corrected chi connectivity index (χ2v) is 7.84. The predicted octanol–water partition coefficient (Wildman–Crippen LogP) is 2.70. The Balaban J connectivity index is 4.08. The highest BCUT2D eigenvalue weighted by Crippen LogP contribution is 2.21. The van der Waals surface area contributed by atoms with E-state index in [9.17, 15) is 21.6 Å². The van der Waals surface area contributed by atoms with Crippen LogP contribution in [-0.2, 0) is 10.0 Å². The van der Waals surface area contributed by atoms with E-state index in [4.69, 9.17) is 0 Å². The highest BCUT2D eigenvalue weighted by molar-refractivity contribution is 7.90. The third kappa shape index (κ3) is 10.5. The van der Waals surface area contributed by atoms with E-state index >= 15 is 0 Å². The Kier molecular flexibility index (Phi) is 11.9. The molecule has 2 N–H and O–H groups in total. The van der Waals surface area contributed by atoms with Crippen LogP contribution in [0.2, 0.25) is 0 Å². The number of nitrogens with one attached hydrogen (secondary N) is 2. The summed E-state index contributed by atoms with van der Waals surface area (Å²) in [7, 11) is -3.18. The van der Waals surface area contributed by atoms with Crippen LogP contribution < -0.4 is 10.0 Å². The topological polar surface area (TPSA) is 61.4 Å². The maximum atomic E-state index is 12.2. The van der Waals surface area contributed by atoms with E-state index in [0.717, 1.165) is 38.8 Å². The zero-order valence-electron chi connectivity index (χ0n) is 15.0. The van der Waals surface area contributed by atoms with Gasteiger partial charge in [-0.05, 0) is 39.4 Å². The first-order valence-corrected chi connectivity index (χ1v) is 10.1. The third-order valence-corrected chi connectivity index (χ3v) is 4.99. The van der Waals surface area contributed by atoms with Gasteiger partial charge < -0.3 is 10.2 Å². The van der Waals surface area contributed by atoms with Crippen molar-refractivity contribution in [2.45, 2.75) is 63.9 Å². The van der Waals surface area contributed by atoms with Crippen molar-refractivity contribution in [3.63, 3.8) is 0 Å². The monoisotopic (exact) mass is 375 g/mol. The summed E-state index contributed by atoms with van der Waals surface area (Å²) in [6.45, 7) is 6.07. The first-order valence-electron chi connectivity index (χ1n) is 8.61. The number of halogens is 3. The number of alkyl halides is 3. The minimum absolute atomic E-state index is 0.180. The molecule has 0 aromatic carbocycles. The molecule has 0 aromatic heterocycles. The molecular formula is C15H32F3N3O2S. The van der Waals surface area contributed by atoms with Crippen molar-refractivity contribution in [1.82, 2.24) is 14.9 Å². The molecule has 0 aromatic rings. The van der Waals surface area contributed by atoms with Gasteiger partial charge >= 0.3 is 15.5 Å². The average Bonchev–Trinajstić information content (AvgIpc) is 2.48. The van der Waals surface area contributed by atoms with Gasteiger partial charge in [-0.2, -0.15) is 13.2 Å². The molecule has 146 valence electrons. The zero-order chi connectivity index (χ0) is 18.6. The van der Waals surface area contributed by atoms with E-state index < -0.39 is 15.5 Å². The van der Waals surface area contributed by atoms with E-state index in [1.807, 2.05) is 6.92 Å². The van der Waals surface area contributed by atoms with Crippen LogP contribution in [0.25, 0.3) is 0 Å². The Morgan fingerprint density at radius 2 is 1.67 bits per heavy atom. The van der Waals surface area contributed by atoms with Crippen molar-refractivity contribution in [2.75, 3.05) is 33.2 Å². The summed E-state index contributed by atoms with van der Waals surface area (Å²) in [5.74, 6) is 0. The van der Waals surface area contributed by atoms with Gasteiger partial charge in [-0.3, -0.25) is 0 Å². The number of sulfonamides is 1. The molecule has 0 saturated carbocycles. The van der Waals surface area contributed by atoms with Gasteiger partial charge in [-0.25, -0.2) is 13.1 Å². The molecule has 0 bridgehead atoms. The molecule has 0 aliphatic carbocycles. The van der Waals surface area contributed by atoms with Gasteiger partial charge in [-0.1, -0.05) is 33.1 Å². The van der Waals surface area contributed by atoms with Crippen LogP contribution in [0.3, 0.4) is 0 Å². The summed E-state index contributed by atoms with van der Waals surface area (Å²) in [5.41, 5.74) is -5.25. The summed E-state index contributed by atoms with van der Waals surface area (Å²) in [4.78, 5) is 2.26. The summed E-state index contributed by atoms with van der Waals surface area (Å²) in [5, 5.41) is 3.15. The van der Waals surface area contributed by atoms with E-state index in [1.165, 1.54) is 12.8 Å². The largest absolute Gasteiger partial charge is 0.511 e. The van der Waals surface area contributed by atoms with Crippen molar-refractivity contribution in [2.24, 2.45) is 0 Å². The minimum Gasteiger partial charge on any atom is -0.313 e. The minimum atomic E-state index is -5.25. The van der Waals surface area contributed by atoms with Crippen molar-refractivity contribution in [1.29, 1.82) is 0 Å². The van der Waals surface area contributed by atoms with Crippen LogP contribution in [0.1, 0.15) is 52.4 Å². The van der Waals surface area contributed by atoms with Crippen LogP contribution in [0, 0.1) is 0 Å². The summed E-state index contributed by atoms with van der Waals surface area (Å²) in [6, 6.07) is 0.180. The molecule has 0 fully saturated rings. The van der Waals surface area contributed by atoms with Gasteiger partial charge in [0.05, 0.1) is 0 Å². The molecule has 0 saturated heterocycles. The lowest BCUT2D eigenvalue weighted by molar-refractivity contribution is -0.0447. The highest BCUT2D eigenvalue weighted by Gasteiger charge is 2.45. The molecular weight excluding hydrogens is 343 g/mol. The molecule has 1 atom stereocenters. The second-order valence-electron chi connectivity index (χ2n) is 6.08. The standard InChI is InChI=1S/C15H32F3N3O2S/c1-4-6-7-12-21(3)13-9-14(8-5-2)19-10-11-20-24(22,23)15(16,17)18/h14,19-20H,4-13H2,1-3H3. The Morgan fingerprint density at radius 1 is 1.00 bits per heavy atom. The highest BCUT2D eigenvalue weighted by atomic mass is 32.2. The smallest absolute Gasteiger partial charge is 0.313 e. The number of hydrogen-bond donors (Lipinski definition) is 2. The van der Waals surface area contributed by atoms with Gasteiger partial charge in [-0.15, -0.1) is 0 Å². The van der Waals surface area contributed by atoms with Crippen LogP contribution in [0.4, 0.5) is 13.2 Å². The lowest BCUT2D eigenvalue weighted by Crippen LogP contribution is -2.42. The molecule has 24 heavy (non-hydrogen) atoms. The molecule has 1 unspecified atom stereocenters. The van der Waals surface area contributed by atoms with Gasteiger partial charge in [0.25, 0.3) is 0 Å². The average molecular weight is 376 g/mol. The Labute approximate surface area is 144 Å². The molecule has 0 amide bonds. The Morgan fingerprint density at radius 3 is 2.21 bits per heavy atom. The zero-order valence-corrected chi connectivity index (χ0v) is 15.8. The maximum Gasteiger partial charge on any atom is 0.511 e. The lowest BCUT2D eigenvalue weighted by Gasteiger charge is -2.22. The normalized spacial score (nSPS) is 14.3. The SMILES string of the molecule is CCCCCN(C)CCC(CCC)NCCNS(=O)(=O)C(F)(F)F. The molecule has 0 aliphatic rings. The molecule has 0 rings (SSSR count). The van der Waals surface area contributed by atoms with Crippen molar-refractivity contribution < 1.29 is 21.6 Å². The summed E-state index contributed by atoms with van der Waals surface area (Å²) >= 11 is 0. The molecule has 0 aliphatic heterocycles. The number of unbranched alkanes of at least 4 members (excludes halogenated alkanes) is 2. The van der Waals surface area contributed by atoms with Crippen LogP contribution in [0.15, 0.2) is 0 Å². The van der Waals surface area contributed by atoms with E-state index in [-0.39, 0.29) is 19.1 Å². The van der Waals surface area contributed by atoms with Crippen LogP contribution in [0.5, 0.6) is 0 Å². The Hall–Kier alpha value is -0.380. The van der Waals surface area contributed by atoms with Crippen molar-refractivity contribution in [3.05, 3.63) is 0 Å². The third-order valence-electron chi connectivity index (χ3n) is 3.79. The number of nitrogens with zero attached hydrogens (tertiary/aromatic N) is 1. The fourth-order valence-electron chi connectivity index (χ4n) is 2.36. The first-order chi connectivity index (χ1) is 11.1.